The lowest BCUT2D eigenvalue weighted by molar-refractivity contribution is -0.157. The molecule has 2 aromatic heterocycles. The van der Waals surface area contributed by atoms with Crippen LogP contribution >= 0.6 is 0 Å². The number of nitrogens with two attached hydrogens (primary N) is 1. The van der Waals surface area contributed by atoms with Gasteiger partial charge in [0, 0.05) is 29.1 Å². The van der Waals surface area contributed by atoms with Gasteiger partial charge in [0.25, 0.3) is 5.56 Å². The Balaban J connectivity index is 0.000000355. The quantitative estimate of drug-likeness (QED) is 0.335. The molecule has 0 amide bonds. The summed E-state index contributed by atoms with van der Waals surface area (Å²) in [5.74, 6) is -1.03. The van der Waals surface area contributed by atoms with Crippen LogP contribution in [0, 0.1) is 12.7 Å². The smallest absolute Gasteiger partial charge is 0.340 e. The maximum atomic E-state index is 14.5. The molecule has 1 unspecified atom stereocenters. The number of carbonyl (C=O) groups is 1. The van der Waals surface area contributed by atoms with Crippen molar-refractivity contribution in [3.8, 4) is 11.4 Å². The summed E-state index contributed by atoms with van der Waals surface area (Å²) in [4.78, 5) is 29.6. The van der Waals surface area contributed by atoms with Crippen molar-refractivity contribution in [3.63, 3.8) is 0 Å². The number of fused-ring (bicyclic) bond motifs is 5. The number of benzene rings is 1. The van der Waals surface area contributed by atoms with Gasteiger partial charge in [-0.3, -0.25) is 4.79 Å². The molecule has 0 saturated carbocycles. The Bertz CT molecular complexity index is 1460. The fraction of sp³-hybridized carbons (Fsp3) is 0.464. The summed E-state index contributed by atoms with van der Waals surface area (Å²) in [5.41, 5.74) is 10.2. The molecule has 1 aromatic carbocycles. The van der Waals surface area contributed by atoms with Crippen molar-refractivity contribution in [2.45, 2.75) is 78.7 Å². The Morgan fingerprint density at radius 2 is 1.81 bits per heavy atom. The van der Waals surface area contributed by atoms with Gasteiger partial charge in [0.05, 0.1) is 34.6 Å². The monoisotopic (exact) mass is 511 g/mol. The largest absolute Gasteiger partial charge is 0.458 e. The molecule has 1 atom stereocenters. The number of ether oxygens (including phenoxy) is 1. The number of nitrogens with zero attached hydrogens (tertiary/aromatic N) is 2. The van der Waals surface area contributed by atoms with Crippen molar-refractivity contribution < 1.29 is 24.1 Å². The SMILES string of the molecule is CC.CC(C)(O)CN.Cc1c(F)cc2nc3c(c4c2c1CCC4)Cn1c-3cc2c(c1=O)COC(=O)C2O. The fourth-order valence-corrected chi connectivity index (χ4v) is 5.06. The highest BCUT2D eigenvalue weighted by molar-refractivity contribution is 5.92. The van der Waals surface area contributed by atoms with E-state index >= 15 is 0 Å². The van der Waals surface area contributed by atoms with Crippen molar-refractivity contribution >= 4 is 16.9 Å². The third-order valence-corrected chi connectivity index (χ3v) is 7.04. The summed E-state index contributed by atoms with van der Waals surface area (Å²) in [7, 11) is 0. The number of aliphatic hydroxyl groups is 2. The molecule has 4 N–H and O–H groups in total. The second-order valence-corrected chi connectivity index (χ2v) is 10.0. The number of aliphatic hydroxyl groups excluding tert-OH is 1. The first-order valence-electron chi connectivity index (χ1n) is 12.7. The number of cyclic esters (lactones) is 1. The number of aryl methyl sites for hydroxylation is 2. The van der Waals surface area contributed by atoms with E-state index in [1.807, 2.05) is 13.8 Å². The zero-order valence-corrected chi connectivity index (χ0v) is 21.9. The van der Waals surface area contributed by atoms with E-state index in [0.29, 0.717) is 41.1 Å². The summed E-state index contributed by atoms with van der Waals surface area (Å²) >= 11 is 0. The third-order valence-electron chi connectivity index (χ3n) is 7.04. The van der Waals surface area contributed by atoms with Crippen molar-refractivity contribution in [1.29, 1.82) is 0 Å². The minimum absolute atomic E-state index is 0.141. The Hall–Kier alpha value is -3.14. The number of halogens is 1. The van der Waals surface area contributed by atoms with Crippen LogP contribution in [0.2, 0.25) is 0 Å². The maximum Gasteiger partial charge on any atom is 0.340 e. The van der Waals surface area contributed by atoms with Crippen LogP contribution in [0.15, 0.2) is 16.9 Å². The van der Waals surface area contributed by atoms with Gasteiger partial charge in [0.15, 0.2) is 6.10 Å². The van der Waals surface area contributed by atoms with Crippen LogP contribution in [0.5, 0.6) is 0 Å². The van der Waals surface area contributed by atoms with E-state index in [2.05, 4.69) is 0 Å². The Morgan fingerprint density at radius 1 is 1.16 bits per heavy atom. The molecule has 198 valence electrons. The zero-order chi connectivity index (χ0) is 27.2. The fourth-order valence-electron chi connectivity index (χ4n) is 5.06. The van der Waals surface area contributed by atoms with Crippen LogP contribution < -0.4 is 11.3 Å². The Kier molecular flexibility index (Phi) is 7.25. The van der Waals surface area contributed by atoms with Crippen molar-refractivity contribution in [2.24, 2.45) is 5.73 Å². The highest BCUT2D eigenvalue weighted by atomic mass is 19.1. The van der Waals surface area contributed by atoms with Crippen LogP contribution in [0.1, 0.15) is 73.6 Å². The van der Waals surface area contributed by atoms with Crippen LogP contribution in [0.4, 0.5) is 4.39 Å². The van der Waals surface area contributed by atoms with E-state index in [9.17, 15) is 19.1 Å². The first-order chi connectivity index (χ1) is 17.5. The molecule has 9 heteroatoms. The molecule has 8 nitrogen and oxygen atoms in total. The van der Waals surface area contributed by atoms with Crippen molar-refractivity contribution in [1.82, 2.24) is 9.55 Å². The molecule has 37 heavy (non-hydrogen) atoms. The molecular weight excluding hydrogens is 477 g/mol. The average Bonchev–Trinajstić information content (AvgIpc) is 3.25. The molecule has 1 aliphatic carbocycles. The molecule has 2 aliphatic heterocycles. The third kappa shape index (κ3) is 4.56. The number of esters is 1. The number of carbonyl (C=O) groups excluding carboxylic acids is 1. The second-order valence-electron chi connectivity index (χ2n) is 10.0. The molecule has 0 bridgehead atoms. The lowest BCUT2D eigenvalue weighted by Crippen LogP contribution is -2.32. The highest BCUT2D eigenvalue weighted by Crippen LogP contribution is 2.41. The predicted molar refractivity (Wildman–Crippen MR) is 139 cm³/mol. The molecule has 6 rings (SSSR count). The lowest BCUT2D eigenvalue weighted by atomic mass is 9.85. The zero-order valence-electron chi connectivity index (χ0n) is 21.9. The molecule has 4 heterocycles. The molecule has 0 saturated heterocycles. The first-order valence-corrected chi connectivity index (χ1v) is 12.7. The molecule has 0 fully saturated rings. The van der Waals surface area contributed by atoms with Gasteiger partial charge < -0.3 is 25.3 Å². The van der Waals surface area contributed by atoms with Gasteiger partial charge in [0.2, 0.25) is 0 Å². The molecule has 0 radical (unpaired) electrons. The Labute approximate surface area is 214 Å². The Morgan fingerprint density at radius 3 is 2.46 bits per heavy atom. The number of pyridine rings is 2. The van der Waals surface area contributed by atoms with E-state index < -0.39 is 17.7 Å². The van der Waals surface area contributed by atoms with Crippen molar-refractivity contribution in [3.05, 3.63) is 61.7 Å². The van der Waals surface area contributed by atoms with E-state index in [1.54, 1.807) is 31.4 Å². The number of hydrogen-bond donors (Lipinski definition) is 3. The van der Waals surface area contributed by atoms with Crippen LogP contribution in [0.25, 0.3) is 22.3 Å². The lowest BCUT2D eigenvalue weighted by Gasteiger charge is -2.22. The van der Waals surface area contributed by atoms with Gasteiger partial charge in [0.1, 0.15) is 12.4 Å². The summed E-state index contributed by atoms with van der Waals surface area (Å²) in [6, 6.07) is 3.13. The normalized spacial score (nSPS) is 17.0. The predicted octanol–water partition coefficient (Wildman–Crippen LogP) is 3.19. The van der Waals surface area contributed by atoms with Crippen LogP contribution in [0.3, 0.4) is 0 Å². The first kappa shape index (κ1) is 26.9. The molecular formula is C28H34FN3O5. The number of aromatic nitrogens is 2. The van der Waals surface area contributed by atoms with E-state index in [-0.39, 0.29) is 23.5 Å². The summed E-state index contributed by atoms with van der Waals surface area (Å²) in [6.07, 6.45) is 1.12. The minimum atomic E-state index is -1.48. The van der Waals surface area contributed by atoms with Gasteiger partial charge in [-0.05, 0) is 62.8 Å². The number of rotatable bonds is 1. The molecule has 0 spiro atoms. The summed E-state index contributed by atoms with van der Waals surface area (Å²) in [5, 5.41) is 19.9. The van der Waals surface area contributed by atoms with Gasteiger partial charge in [-0.15, -0.1) is 0 Å². The van der Waals surface area contributed by atoms with Gasteiger partial charge in [-0.2, -0.15) is 0 Å². The van der Waals surface area contributed by atoms with E-state index in [0.717, 1.165) is 41.3 Å². The molecule has 3 aromatic rings. The van der Waals surface area contributed by atoms with Crippen LogP contribution in [-0.2, 0) is 35.5 Å². The summed E-state index contributed by atoms with van der Waals surface area (Å²) < 4.78 is 21.1. The average molecular weight is 512 g/mol. The highest BCUT2D eigenvalue weighted by Gasteiger charge is 2.35. The van der Waals surface area contributed by atoms with E-state index in [4.69, 9.17) is 20.6 Å². The maximum absolute atomic E-state index is 14.5. The second kappa shape index (κ2) is 9.96. The van der Waals surface area contributed by atoms with Crippen LogP contribution in [-0.4, -0.2) is 37.9 Å². The minimum Gasteiger partial charge on any atom is -0.458 e. The summed E-state index contributed by atoms with van der Waals surface area (Å²) in [6.45, 7) is 9.72. The molecule has 3 aliphatic rings. The van der Waals surface area contributed by atoms with Gasteiger partial charge in [-0.25, -0.2) is 14.2 Å². The standard InChI is InChI=1S/C22H17FN2O4.C4H11NO.C2H6/c1-9-10-3-2-4-11-13-7-25-17(19(13)24-16(18(10)11)6-15(9)23)5-12-14(21(25)27)8-29-22(28)20(12)26;1-4(2,6)3-5;1-2/h5-6,20,26H,2-4,7-8H2,1H3;6H,3,5H2,1-2H3;1-2H3. The van der Waals surface area contributed by atoms with Crippen molar-refractivity contribution in [2.75, 3.05) is 6.54 Å². The number of hydrogen-bond acceptors (Lipinski definition) is 7. The topological polar surface area (TPSA) is 128 Å². The van der Waals surface area contributed by atoms with Gasteiger partial charge in [-0.1, -0.05) is 13.8 Å². The van der Waals surface area contributed by atoms with Gasteiger partial charge >= 0.3 is 5.97 Å². The van der Waals surface area contributed by atoms with E-state index in [1.165, 1.54) is 6.07 Å².